The van der Waals surface area contributed by atoms with Crippen molar-refractivity contribution in [3.05, 3.63) is 63.1 Å². The van der Waals surface area contributed by atoms with Crippen LogP contribution in [0.1, 0.15) is 16.1 Å². The summed E-state index contributed by atoms with van der Waals surface area (Å²) in [4.78, 5) is 28.8. The number of thiazole rings is 1. The van der Waals surface area contributed by atoms with Gasteiger partial charge in [-0.15, -0.1) is 11.3 Å². The first-order valence-corrected chi connectivity index (χ1v) is 10.0. The molecule has 0 spiro atoms. The van der Waals surface area contributed by atoms with E-state index in [1.165, 1.54) is 38.1 Å². The molecular formula is C19H17N3O5S2. The monoisotopic (exact) mass is 431 g/mol. The SMILES string of the molecule is COc1cc(C(=O)Nc2ccc(Sc3nc(C)cs3)cc2)c([N+](=O)[O-])cc1OC. The second-order valence-corrected chi connectivity index (χ2v) is 8.00. The Hall–Kier alpha value is -3.11. The molecule has 8 nitrogen and oxygen atoms in total. The molecule has 3 rings (SSSR count). The number of nitrogens with one attached hydrogen (secondary N) is 1. The second-order valence-electron chi connectivity index (χ2n) is 5.82. The predicted octanol–water partition coefficient (Wildman–Crippen LogP) is 4.78. The number of nitro groups is 1. The quantitative estimate of drug-likeness (QED) is 0.424. The number of anilines is 1. The number of rotatable bonds is 7. The van der Waals surface area contributed by atoms with Gasteiger partial charge in [-0.25, -0.2) is 4.98 Å². The molecule has 0 saturated carbocycles. The van der Waals surface area contributed by atoms with Crippen LogP contribution in [0.15, 0.2) is 51.0 Å². The molecule has 1 amide bonds. The van der Waals surface area contributed by atoms with Gasteiger partial charge in [0.1, 0.15) is 5.56 Å². The largest absolute Gasteiger partial charge is 0.493 e. The Labute approximate surface area is 175 Å². The van der Waals surface area contributed by atoms with Crippen LogP contribution in [0, 0.1) is 17.0 Å². The number of hydrogen-bond donors (Lipinski definition) is 1. The van der Waals surface area contributed by atoms with Crippen molar-refractivity contribution in [2.75, 3.05) is 19.5 Å². The van der Waals surface area contributed by atoms with Crippen LogP contribution in [0.3, 0.4) is 0 Å². The third kappa shape index (κ3) is 4.84. The van der Waals surface area contributed by atoms with E-state index in [4.69, 9.17) is 9.47 Å². The lowest BCUT2D eigenvalue weighted by atomic mass is 10.1. The zero-order valence-corrected chi connectivity index (χ0v) is 17.4. The molecule has 1 aromatic heterocycles. The van der Waals surface area contributed by atoms with Crippen molar-refractivity contribution < 1.29 is 19.2 Å². The number of aryl methyl sites for hydroxylation is 1. The summed E-state index contributed by atoms with van der Waals surface area (Å²) in [7, 11) is 2.76. The Morgan fingerprint density at radius 3 is 2.38 bits per heavy atom. The Bertz CT molecular complexity index is 1050. The number of aromatic nitrogens is 1. The summed E-state index contributed by atoms with van der Waals surface area (Å²) in [6.45, 7) is 1.94. The molecular weight excluding hydrogens is 414 g/mol. The second kappa shape index (κ2) is 8.93. The molecule has 0 fully saturated rings. The predicted molar refractivity (Wildman–Crippen MR) is 112 cm³/mol. The molecule has 1 N–H and O–H groups in total. The molecule has 10 heteroatoms. The Kier molecular flexibility index (Phi) is 6.35. The molecule has 0 aliphatic carbocycles. The van der Waals surface area contributed by atoms with Crippen molar-refractivity contribution in [3.8, 4) is 11.5 Å². The number of carbonyl (C=O) groups is 1. The molecule has 3 aromatic rings. The molecule has 150 valence electrons. The van der Waals surface area contributed by atoms with Gasteiger partial charge in [0, 0.05) is 27.7 Å². The van der Waals surface area contributed by atoms with Crippen molar-refractivity contribution in [1.82, 2.24) is 4.98 Å². The maximum atomic E-state index is 12.7. The summed E-state index contributed by atoms with van der Waals surface area (Å²) < 4.78 is 11.2. The van der Waals surface area contributed by atoms with Gasteiger partial charge in [0.05, 0.1) is 25.2 Å². The van der Waals surface area contributed by atoms with Gasteiger partial charge in [-0.05, 0) is 31.2 Å². The normalized spacial score (nSPS) is 10.4. The molecule has 1 heterocycles. The Balaban J connectivity index is 1.80. The number of methoxy groups -OCH3 is 2. The van der Waals surface area contributed by atoms with Crippen LogP contribution in [-0.2, 0) is 0 Å². The zero-order chi connectivity index (χ0) is 21.0. The highest BCUT2D eigenvalue weighted by Gasteiger charge is 2.24. The third-order valence-electron chi connectivity index (χ3n) is 3.86. The molecule has 0 aliphatic rings. The van der Waals surface area contributed by atoms with E-state index in [0.29, 0.717) is 5.69 Å². The molecule has 2 aromatic carbocycles. The van der Waals surface area contributed by atoms with Gasteiger partial charge in [0.25, 0.3) is 11.6 Å². The highest BCUT2D eigenvalue weighted by Crippen LogP contribution is 2.35. The summed E-state index contributed by atoms with van der Waals surface area (Å²) >= 11 is 3.09. The summed E-state index contributed by atoms with van der Waals surface area (Å²) in [6, 6.07) is 9.62. The molecule has 29 heavy (non-hydrogen) atoms. The number of hydrogen-bond acceptors (Lipinski definition) is 8. The molecule has 0 atom stereocenters. The Morgan fingerprint density at radius 1 is 1.17 bits per heavy atom. The van der Waals surface area contributed by atoms with Crippen LogP contribution in [0.4, 0.5) is 11.4 Å². The topological polar surface area (TPSA) is 104 Å². The van der Waals surface area contributed by atoms with Crippen molar-refractivity contribution in [3.63, 3.8) is 0 Å². The van der Waals surface area contributed by atoms with Gasteiger partial charge in [-0.3, -0.25) is 14.9 Å². The number of ether oxygens (including phenoxy) is 2. The van der Waals surface area contributed by atoms with Crippen LogP contribution in [0.2, 0.25) is 0 Å². The zero-order valence-electron chi connectivity index (χ0n) is 15.8. The summed E-state index contributed by atoms with van der Waals surface area (Å²) in [6.07, 6.45) is 0. The smallest absolute Gasteiger partial charge is 0.286 e. The highest BCUT2D eigenvalue weighted by molar-refractivity contribution is 8.01. The molecule has 0 unspecified atom stereocenters. The van der Waals surface area contributed by atoms with E-state index < -0.39 is 10.8 Å². The average molecular weight is 431 g/mol. The van der Waals surface area contributed by atoms with Gasteiger partial charge in [0.15, 0.2) is 15.8 Å². The van der Waals surface area contributed by atoms with E-state index in [1.807, 2.05) is 24.4 Å². The standard InChI is InChI=1S/C19H17N3O5S2/c1-11-10-28-19(20-11)29-13-6-4-12(5-7-13)21-18(23)14-8-16(26-2)17(27-3)9-15(14)22(24)25/h4-10H,1-3H3,(H,21,23). The fourth-order valence-electron chi connectivity index (χ4n) is 2.49. The number of carbonyl (C=O) groups excluding carboxylic acids is 1. The van der Waals surface area contributed by atoms with Gasteiger partial charge >= 0.3 is 0 Å². The first-order valence-electron chi connectivity index (χ1n) is 8.33. The van der Waals surface area contributed by atoms with E-state index in [2.05, 4.69) is 10.3 Å². The summed E-state index contributed by atoms with van der Waals surface area (Å²) in [5.41, 5.74) is 0.993. The molecule has 0 bridgehead atoms. The number of amides is 1. The molecule has 0 aliphatic heterocycles. The number of nitrogens with zero attached hydrogens (tertiary/aromatic N) is 2. The minimum absolute atomic E-state index is 0.121. The maximum Gasteiger partial charge on any atom is 0.286 e. The lowest BCUT2D eigenvalue weighted by Gasteiger charge is -2.11. The van der Waals surface area contributed by atoms with Gasteiger partial charge in [-0.2, -0.15) is 0 Å². The number of nitro benzene ring substituents is 1. The average Bonchev–Trinajstić information content (AvgIpc) is 3.12. The maximum absolute atomic E-state index is 12.7. The van der Waals surface area contributed by atoms with E-state index in [1.54, 1.807) is 23.5 Å². The van der Waals surface area contributed by atoms with Gasteiger partial charge in [0.2, 0.25) is 0 Å². The lowest BCUT2D eigenvalue weighted by molar-refractivity contribution is -0.385. The lowest BCUT2D eigenvalue weighted by Crippen LogP contribution is -2.14. The van der Waals surface area contributed by atoms with Crippen molar-refractivity contribution in [2.24, 2.45) is 0 Å². The number of benzene rings is 2. The fourth-order valence-corrected chi connectivity index (χ4v) is 4.30. The van der Waals surface area contributed by atoms with E-state index in [9.17, 15) is 14.9 Å². The van der Waals surface area contributed by atoms with Crippen LogP contribution >= 0.6 is 23.1 Å². The minimum atomic E-state index is -0.632. The van der Waals surface area contributed by atoms with Crippen LogP contribution < -0.4 is 14.8 Å². The molecule has 0 radical (unpaired) electrons. The van der Waals surface area contributed by atoms with E-state index in [-0.39, 0.29) is 22.7 Å². The van der Waals surface area contributed by atoms with Crippen molar-refractivity contribution in [1.29, 1.82) is 0 Å². The fraction of sp³-hybridized carbons (Fsp3) is 0.158. The van der Waals surface area contributed by atoms with E-state index in [0.717, 1.165) is 14.9 Å². The summed E-state index contributed by atoms with van der Waals surface area (Å²) in [5.74, 6) is -0.211. The van der Waals surface area contributed by atoms with Gasteiger partial charge < -0.3 is 14.8 Å². The first-order chi connectivity index (χ1) is 13.9. The highest BCUT2D eigenvalue weighted by atomic mass is 32.2. The van der Waals surface area contributed by atoms with Gasteiger partial charge in [-0.1, -0.05) is 11.8 Å². The van der Waals surface area contributed by atoms with E-state index >= 15 is 0 Å². The van der Waals surface area contributed by atoms with Crippen molar-refractivity contribution in [2.45, 2.75) is 16.2 Å². The van der Waals surface area contributed by atoms with Crippen molar-refractivity contribution >= 4 is 40.4 Å². The summed E-state index contributed by atoms with van der Waals surface area (Å²) in [5, 5.41) is 16.0. The third-order valence-corrected chi connectivity index (χ3v) is 5.92. The minimum Gasteiger partial charge on any atom is -0.493 e. The first kappa shape index (κ1) is 20.6. The van der Waals surface area contributed by atoms with Crippen LogP contribution in [-0.4, -0.2) is 30.0 Å². The van der Waals surface area contributed by atoms with Crippen LogP contribution in [0.25, 0.3) is 0 Å². The molecule has 0 saturated heterocycles. The Morgan fingerprint density at radius 2 is 1.83 bits per heavy atom. The van der Waals surface area contributed by atoms with Crippen LogP contribution in [0.5, 0.6) is 11.5 Å².